The van der Waals surface area contributed by atoms with E-state index in [4.69, 9.17) is 4.98 Å². The normalized spacial score (nSPS) is 13.6. The summed E-state index contributed by atoms with van der Waals surface area (Å²) in [6.07, 6.45) is -1.38. The summed E-state index contributed by atoms with van der Waals surface area (Å²) in [5.74, 6) is 0.0258. The van der Waals surface area contributed by atoms with Gasteiger partial charge in [-0.05, 0) is 43.2 Å². The molecular weight excluding hydrogens is 430 g/mol. The number of hydrogen-bond donors (Lipinski definition) is 4. The second-order valence-electron chi connectivity index (χ2n) is 8.60. The van der Waals surface area contributed by atoms with Crippen molar-refractivity contribution in [2.24, 2.45) is 0 Å². The van der Waals surface area contributed by atoms with E-state index in [1.54, 1.807) is 36.6 Å². The number of nitrogens with zero attached hydrogens (tertiary/aromatic N) is 2. The number of aliphatic hydroxyl groups is 3. The number of fused-ring (bicyclic) bond motifs is 1. The van der Waals surface area contributed by atoms with Gasteiger partial charge in [0.25, 0.3) is 5.91 Å². The minimum absolute atomic E-state index is 0.136. The number of benzene rings is 3. The van der Waals surface area contributed by atoms with E-state index < -0.39 is 17.8 Å². The standard InChI is InChI=1S/C27H29N3O4/c1-18(31)16-28-25(33)20-13-14-23-24(15-20)30(17-19(2)32)26(29-23)27(34,21-9-5-3-6-10-21)22-11-7-4-8-12-22/h3-15,18-19,31-32,34H,16-17H2,1-2H3,(H,28,33)/t18-,19?/m1/s1. The van der Waals surface area contributed by atoms with Gasteiger partial charge < -0.3 is 25.2 Å². The van der Waals surface area contributed by atoms with Crippen LogP contribution in [0.4, 0.5) is 0 Å². The van der Waals surface area contributed by atoms with Crippen molar-refractivity contribution in [1.29, 1.82) is 0 Å². The zero-order valence-electron chi connectivity index (χ0n) is 19.2. The van der Waals surface area contributed by atoms with Crippen LogP contribution in [0.2, 0.25) is 0 Å². The van der Waals surface area contributed by atoms with Crippen LogP contribution in [-0.2, 0) is 12.1 Å². The monoisotopic (exact) mass is 459 g/mol. The third kappa shape index (κ3) is 4.59. The van der Waals surface area contributed by atoms with Crippen LogP contribution >= 0.6 is 0 Å². The molecule has 4 N–H and O–H groups in total. The van der Waals surface area contributed by atoms with E-state index in [0.717, 1.165) is 0 Å². The van der Waals surface area contributed by atoms with Gasteiger partial charge in [-0.25, -0.2) is 4.98 Å². The Labute approximate surface area is 198 Å². The Hall–Kier alpha value is -3.52. The minimum atomic E-state index is -1.59. The molecule has 7 nitrogen and oxygen atoms in total. The topological polar surface area (TPSA) is 108 Å². The number of hydrogen-bond acceptors (Lipinski definition) is 5. The predicted molar refractivity (Wildman–Crippen MR) is 130 cm³/mol. The van der Waals surface area contributed by atoms with Crippen molar-refractivity contribution in [3.63, 3.8) is 0 Å². The molecule has 34 heavy (non-hydrogen) atoms. The molecule has 1 unspecified atom stereocenters. The van der Waals surface area contributed by atoms with Crippen LogP contribution in [0, 0.1) is 0 Å². The number of rotatable bonds is 8. The van der Waals surface area contributed by atoms with Crippen molar-refractivity contribution in [2.75, 3.05) is 6.54 Å². The fourth-order valence-corrected chi connectivity index (χ4v) is 4.12. The molecule has 1 heterocycles. The Morgan fingerprint density at radius 2 is 1.53 bits per heavy atom. The molecule has 0 saturated heterocycles. The molecule has 0 aliphatic rings. The second-order valence-corrected chi connectivity index (χ2v) is 8.60. The average Bonchev–Trinajstić information content (AvgIpc) is 3.20. The zero-order chi connectivity index (χ0) is 24.3. The number of aromatic nitrogens is 2. The lowest BCUT2D eigenvalue weighted by Gasteiger charge is -2.30. The maximum atomic E-state index is 12.6. The number of carbonyl (C=O) groups is 1. The van der Waals surface area contributed by atoms with Gasteiger partial charge in [-0.15, -0.1) is 0 Å². The van der Waals surface area contributed by atoms with Crippen molar-refractivity contribution < 1.29 is 20.1 Å². The van der Waals surface area contributed by atoms with Gasteiger partial charge in [-0.3, -0.25) is 4.79 Å². The molecule has 1 aromatic heterocycles. The van der Waals surface area contributed by atoms with Gasteiger partial charge in [-0.1, -0.05) is 60.7 Å². The predicted octanol–water partition coefficient (Wildman–Crippen LogP) is 2.81. The maximum Gasteiger partial charge on any atom is 0.251 e. The molecule has 3 aromatic carbocycles. The van der Waals surface area contributed by atoms with Crippen LogP contribution in [0.5, 0.6) is 0 Å². The van der Waals surface area contributed by atoms with Crippen LogP contribution in [0.15, 0.2) is 78.9 Å². The largest absolute Gasteiger partial charge is 0.392 e. The first-order valence-electron chi connectivity index (χ1n) is 11.3. The van der Waals surface area contributed by atoms with Crippen LogP contribution < -0.4 is 5.32 Å². The van der Waals surface area contributed by atoms with Crippen LogP contribution in [-0.4, -0.2) is 49.5 Å². The van der Waals surface area contributed by atoms with E-state index in [9.17, 15) is 20.1 Å². The summed E-state index contributed by atoms with van der Waals surface area (Å²) in [5.41, 5.74) is 1.29. The average molecular weight is 460 g/mol. The van der Waals surface area contributed by atoms with Crippen LogP contribution in [0.1, 0.15) is 41.2 Å². The first kappa shape index (κ1) is 23.6. The fourth-order valence-electron chi connectivity index (χ4n) is 4.12. The van der Waals surface area contributed by atoms with E-state index in [1.807, 2.05) is 60.7 Å². The first-order valence-corrected chi connectivity index (χ1v) is 11.3. The molecule has 0 aliphatic heterocycles. The molecular formula is C27H29N3O4. The summed E-state index contributed by atoms with van der Waals surface area (Å²) < 4.78 is 1.77. The van der Waals surface area contributed by atoms with E-state index in [0.29, 0.717) is 33.5 Å². The van der Waals surface area contributed by atoms with Gasteiger partial charge in [0.15, 0.2) is 11.4 Å². The van der Waals surface area contributed by atoms with Crippen molar-refractivity contribution in [1.82, 2.24) is 14.9 Å². The van der Waals surface area contributed by atoms with Crippen LogP contribution in [0.3, 0.4) is 0 Å². The summed E-state index contributed by atoms with van der Waals surface area (Å²) in [5, 5.41) is 34.8. The van der Waals surface area contributed by atoms with Gasteiger partial charge in [0.1, 0.15) is 0 Å². The summed E-state index contributed by atoms with van der Waals surface area (Å²) in [4.78, 5) is 17.4. The van der Waals surface area contributed by atoms with Crippen molar-refractivity contribution in [3.05, 3.63) is 101 Å². The van der Waals surface area contributed by atoms with Gasteiger partial charge in [0, 0.05) is 12.1 Å². The maximum absolute atomic E-state index is 12.6. The third-order valence-corrected chi connectivity index (χ3v) is 5.72. The third-order valence-electron chi connectivity index (χ3n) is 5.72. The van der Waals surface area contributed by atoms with Crippen molar-refractivity contribution in [3.8, 4) is 0 Å². The van der Waals surface area contributed by atoms with E-state index >= 15 is 0 Å². The molecule has 0 bridgehead atoms. The summed E-state index contributed by atoms with van der Waals surface area (Å²) in [7, 11) is 0. The highest BCUT2D eigenvalue weighted by Gasteiger charge is 2.39. The van der Waals surface area contributed by atoms with Crippen molar-refractivity contribution >= 4 is 16.9 Å². The van der Waals surface area contributed by atoms with E-state index in [-0.39, 0.29) is 19.0 Å². The Morgan fingerprint density at radius 1 is 0.941 bits per heavy atom. The summed E-state index contributed by atoms with van der Waals surface area (Å²) in [6.45, 7) is 3.57. The highest BCUT2D eigenvalue weighted by molar-refractivity contribution is 5.97. The lowest BCUT2D eigenvalue weighted by Crippen LogP contribution is -2.33. The highest BCUT2D eigenvalue weighted by atomic mass is 16.3. The van der Waals surface area contributed by atoms with Gasteiger partial charge >= 0.3 is 0 Å². The first-order chi connectivity index (χ1) is 16.3. The Kier molecular flexibility index (Phi) is 6.79. The minimum Gasteiger partial charge on any atom is -0.392 e. The number of amides is 1. The molecule has 2 atom stereocenters. The lowest BCUT2D eigenvalue weighted by atomic mass is 9.85. The molecule has 4 aromatic rings. The van der Waals surface area contributed by atoms with E-state index in [1.165, 1.54) is 0 Å². The van der Waals surface area contributed by atoms with Gasteiger partial charge in [0.2, 0.25) is 0 Å². The quantitative estimate of drug-likeness (QED) is 0.324. The number of nitrogens with one attached hydrogen (secondary N) is 1. The lowest BCUT2D eigenvalue weighted by molar-refractivity contribution is 0.0924. The SMILES string of the molecule is CC(O)Cn1c(C(O)(c2ccccc2)c2ccccc2)nc2ccc(C(=O)NC[C@@H](C)O)cc21. The Balaban J connectivity index is 1.93. The summed E-state index contributed by atoms with van der Waals surface area (Å²) in [6, 6.07) is 23.6. The molecule has 4 rings (SSSR count). The molecule has 0 fully saturated rings. The number of imidazole rings is 1. The van der Waals surface area contributed by atoms with E-state index in [2.05, 4.69) is 5.32 Å². The number of carbonyl (C=O) groups excluding carboxylic acids is 1. The second kappa shape index (κ2) is 9.77. The molecule has 0 radical (unpaired) electrons. The highest BCUT2D eigenvalue weighted by Crippen LogP contribution is 2.38. The summed E-state index contributed by atoms with van der Waals surface area (Å²) >= 11 is 0. The van der Waals surface area contributed by atoms with Crippen LogP contribution in [0.25, 0.3) is 11.0 Å². The molecule has 1 amide bonds. The smallest absolute Gasteiger partial charge is 0.251 e. The van der Waals surface area contributed by atoms with Crippen molar-refractivity contribution in [2.45, 2.75) is 38.2 Å². The number of aliphatic hydroxyl groups excluding tert-OH is 2. The molecule has 0 saturated carbocycles. The fraction of sp³-hybridized carbons (Fsp3) is 0.259. The molecule has 176 valence electrons. The Morgan fingerprint density at radius 3 is 2.06 bits per heavy atom. The molecule has 0 spiro atoms. The van der Waals surface area contributed by atoms with Gasteiger partial charge in [-0.2, -0.15) is 0 Å². The zero-order valence-corrected chi connectivity index (χ0v) is 19.2. The molecule has 0 aliphatic carbocycles. The molecule has 7 heteroatoms. The Bertz CT molecular complexity index is 1230. The van der Waals surface area contributed by atoms with Gasteiger partial charge in [0.05, 0.1) is 29.8 Å².